The molecule has 2 unspecified atom stereocenters. The molecule has 6 heteroatoms. The van der Waals surface area contributed by atoms with Gasteiger partial charge in [0.15, 0.2) is 0 Å². The van der Waals surface area contributed by atoms with Crippen LogP contribution in [0.1, 0.15) is 37.1 Å². The maximum atomic E-state index is 12.5. The van der Waals surface area contributed by atoms with E-state index < -0.39 is 6.04 Å². The van der Waals surface area contributed by atoms with Crippen molar-refractivity contribution < 1.29 is 9.53 Å². The third kappa shape index (κ3) is 4.58. The Balaban J connectivity index is 1.38. The number of anilines is 1. The molecule has 0 radical (unpaired) electrons. The molecule has 4 N–H and O–H groups in total. The fourth-order valence-corrected chi connectivity index (χ4v) is 3.66. The van der Waals surface area contributed by atoms with E-state index in [1.165, 1.54) is 0 Å². The Morgan fingerprint density at radius 2 is 2.14 bits per heavy atom. The first kappa shape index (κ1) is 18.7. The number of nitrogens with zero attached hydrogens (tertiary/aromatic N) is 1. The maximum absolute atomic E-state index is 12.5. The van der Waals surface area contributed by atoms with Crippen LogP contribution in [0.4, 0.5) is 5.69 Å². The zero-order valence-corrected chi connectivity index (χ0v) is 15.9. The number of ether oxygens (including phenoxy) is 1. The number of nitrogens with one attached hydrogen (secondary N) is 2. The van der Waals surface area contributed by atoms with Crippen LogP contribution in [0.5, 0.6) is 0 Å². The lowest BCUT2D eigenvalue weighted by Gasteiger charge is -2.24. The van der Waals surface area contributed by atoms with Crippen molar-refractivity contribution in [2.75, 3.05) is 11.9 Å². The summed E-state index contributed by atoms with van der Waals surface area (Å²) in [5.41, 5.74) is 9.89. The summed E-state index contributed by atoms with van der Waals surface area (Å²) in [6, 6.07) is 15.2. The smallest absolute Gasteiger partial charge is 0.241 e. The van der Waals surface area contributed by atoms with Gasteiger partial charge in [-0.2, -0.15) is 0 Å². The molecule has 1 saturated heterocycles. The fourth-order valence-electron chi connectivity index (χ4n) is 3.66. The standard InChI is InChI=1S/C22H26N4O2/c23-18(14-17-8-3-4-11-28-17)22(27)24-16-7-5-6-15(12-16)13-21-25-19-9-1-2-10-20(19)26-21/h1-2,5-7,9-10,12,17-18H,3-4,8,11,13-14,23H2,(H,24,27)(H,25,26). The van der Waals surface area contributed by atoms with Gasteiger partial charge < -0.3 is 20.8 Å². The normalized spacial score (nSPS) is 18.1. The number of carbonyl (C=O) groups is 1. The lowest BCUT2D eigenvalue weighted by molar-refractivity contribution is -0.118. The number of hydrogen-bond acceptors (Lipinski definition) is 4. The largest absolute Gasteiger partial charge is 0.378 e. The first-order valence-electron chi connectivity index (χ1n) is 9.88. The van der Waals surface area contributed by atoms with Gasteiger partial charge >= 0.3 is 0 Å². The highest BCUT2D eigenvalue weighted by molar-refractivity contribution is 5.94. The molecule has 0 spiro atoms. The summed E-state index contributed by atoms with van der Waals surface area (Å²) in [5.74, 6) is 0.728. The lowest BCUT2D eigenvalue weighted by atomic mass is 10.0. The van der Waals surface area contributed by atoms with E-state index in [1.807, 2.05) is 48.5 Å². The molecular formula is C22H26N4O2. The molecule has 1 aliphatic rings. The molecule has 0 aliphatic carbocycles. The van der Waals surface area contributed by atoms with Gasteiger partial charge in [0, 0.05) is 18.7 Å². The molecule has 1 aliphatic heterocycles. The Morgan fingerprint density at radius 3 is 2.96 bits per heavy atom. The topological polar surface area (TPSA) is 93.0 Å². The SMILES string of the molecule is NC(CC1CCCCO1)C(=O)Nc1cccc(Cc2nc3ccccc3[nH]2)c1. The molecule has 4 rings (SSSR count). The van der Waals surface area contributed by atoms with E-state index in [1.54, 1.807) is 0 Å². The van der Waals surface area contributed by atoms with E-state index in [9.17, 15) is 4.79 Å². The lowest BCUT2D eigenvalue weighted by Crippen LogP contribution is -2.39. The first-order valence-corrected chi connectivity index (χ1v) is 9.88. The van der Waals surface area contributed by atoms with Gasteiger partial charge in [-0.15, -0.1) is 0 Å². The Morgan fingerprint density at radius 1 is 1.25 bits per heavy atom. The Kier molecular flexibility index (Phi) is 5.69. The number of para-hydroxylation sites is 2. The van der Waals surface area contributed by atoms with E-state index in [0.29, 0.717) is 12.8 Å². The number of nitrogens with two attached hydrogens (primary N) is 1. The second kappa shape index (κ2) is 8.54. The van der Waals surface area contributed by atoms with E-state index in [2.05, 4.69) is 15.3 Å². The van der Waals surface area contributed by atoms with Crippen molar-refractivity contribution in [2.24, 2.45) is 5.73 Å². The van der Waals surface area contributed by atoms with Crippen molar-refractivity contribution in [3.8, 4) is 0 Å². The minimum absolute atomic E-state index is 0.0916. The van der Waals surface area contributed by atoms with Crippen LogP contribution in [0.2, 0.25) is 0 Å². The highest BCUT2D eigenvalue weighted by atomic mass is 16.5. The number of fused-ring (bicyclic) bond motifs is 1. The van der Waals surface area contributed by atoms with Gasteiger partial charge in [0.1, 0.15) is 5.82 Å². The summed E-state index contributed by atoms with van der Waals surface area (Å²) in [5, 5.41) is 2.93. The van der Waals surface area contributed by atoms with Gasteiger partial charge in [0.05, 0.1) is 23.2 Å². The van der Waals surface area contributed by atoms with E-state index in [0.717, 1.165) is 54.0 Å². The van der Waals surface area contributed by atoms with Crippen LogP contribution < -0.4 is 11.1 Å². The molecule has 28 heavy (non-hydrogen) atoms. The number of benzene rings is 2. The highest BCUT2D eigenvalue weighted by Gasteiger charge is 2.22. The Bertz CT molecular complexity index is 913. The van der Waals surface area contributed by atoms with Crippen LogP contribution >= 0.6 is 0 Å². The molecule has 1 aromatic heterocycles. The molecule has 2 atom stereocenters. The number of rotatable bonds is 6. The van der Waals surface area contributed by atoms with Gasteiger partial charge in [0.25, 0.3) is 0 Å². The van der Waals surface area contributed by atoms with Crippen molar-refractivity contribution in [1.29, 1.82) is 0 Å². The summed E-state index contributed by atoms with van der Waals surface area (Å²) in [7, 11) is 0. The number of aromatic amines is 1. The van der Waals surface area contributed by atoms with Gasteiger partial charge in [-0.3, -0.25) is 4.79 Å². The second-order valence-electron chi connectivity index (χ2n) is 7.40. The predicted molar refractivity (Wildman–Crippen MR) is 110 cm³/mol. The van der Waals surface area contributed by atoms with Gasteiger partial charge in [-0.25, -0.2) is 4.98 Å². The van der Waals surface area contributed by atoms with E-state index in [4.69, 9.17) is 10.5 Å². The molecule has 2 aromatic carbocycles. The number of aromatic nitrogens is 2. The second-order valence-corrected chi connectivity index (χ2v) is 7.40. The highest BCUT2D eigenvalue weighted by Crippen LogP contribution is 2.19. The third-order valence-electron chi connectivity index (χ3n) is 5.13. The zero-order valence-electron chi connectivity index (χ0n) is 15.9. The van der Waals surface area contributed by atoms with Gasteiger partial charge in [0.2, 0.25) is 5.91 Å². The van der Waals surface area contributed by atoms with Crippen molar-refractivity contribution in [3.05, 3.63) is 59.9 Å². The molecule has 146 valence electrons. The molecule has 1 amide bonds. The minimum Gasteiger partial charge on any atom is -0.378 e. The molecule has 6 nitrogen and oxygen atoms in total. The molecule has 0 saturated carbocycles. The summed E-state index contributed by atoms with van der Waals surface area (Å²) >= 11 is 0. The van der Waals surface area contributed by atoms with Crippen LogP contribution in [0.3, 0.4) is 0 Å². The van der Waals surface area contributed by atoms with Crippen molar-refractivity contribution >= 4 is 22.6 Å². The van der Waals surface area contributed by atoms with Crippen molar-refractivity contribution in [1.82, 2.24) is 9.97 Å². The van der Waals surface area contributed by atoms with E-state index in [-0.39, 0.29) is 12.0 Å². The monoisotopic (exact) mass is 378 g/mol. The number of imidazole rings is 1. The summed E-state index contributed by atoms with van der Waals surface area (Å²) < 4.78 is 5.69. The van der Waals surface area contributed by atoms with Crippen LogP contribution in [0.15, 0.2) is 48.5 Å². The van der Waals surface area contributed by atoms with Crippen LogP contribution in [-0.4, -0.2) is 34.6 Å². The minimum atomic E-state index is -0.567. The fraction of sp³-hybridized carbons (Fsp3) is 0.364. The zero-order chi connectivity index (χ0) is 19.3. The molecular weight excluding hydrogens is 352 g/mol. The summed E-state index contributed by atoms with van der Waals surface area (Å²) in [6.45, 7) is 0.767. The average Bonchev–Trinajstić information content (AvgIpc) is 3.11. The summed E-state index contributed by atoms with van der Waals surface area (Å²) in [4.78, 5) is 20.4. The van der Waals surface area contributed by atoms with Crippen LogP contribution in [0, 0.1) is 0 Å². The molecule has 0 bridgehead atoms. The molecule has 3 aromatic rings. The summed E-state index contributed by atoms with van der Waals surface area (Å²) in [6.07, 6.45) is 4.53. The van der Waals surface area contributed by atoms with Crippen LogP contribution in [0.25, 0.3) is 11.0 Å². The first-order chi connectivity index (χ1) is 13.7. The Hall–Kier alpha value is -2.70. The Labute approximate surface area is 164 Å². The van der Waals surface area contributed by atoms with Crippen molar-refractivity contribution in [2.45, 2.75) is 44.2 Å². The quantitative estimate of drug-likeness (QED) is 0.613. The molecule has 2 heterocycles. The van der Waals surface area contributed by atoms with Crippen LogP contribution in [-0.2, 0) is 16.0 Å². The van der Waals surface area contributed by atoms with E-state index >= 15 is 0 Å². The number of carbonyl (C=O) groups excluding carboxylic acids is 1. The number of hydrogen-bond donors (Lipinski definition) is 3. The predicted octanol–water partition coefficient (Wildman–Crippen LogP) is 3.38. The number of H-pyrrole nitrogens is 1. The van der Waals surface area contributed by atoms with Crippen molar-refractivity contribution in [3.63, 3.8) is 0 Å². The van der Waals surface area contributed by atoms with Gasteiger partial charge in [-0.05, 0) is 55.5 Å². The maximum Gasteiger partial charge on any atom is 0.241 e. The average molecular weight is 378 g/mol. The molecule has 1 fully saturated rings. The van der Waals surface area contributed by atoms with Gasteiger partial charge in [-0.1, -0.05) is 24.3 Å². The number of amides is 1. The third-order valence-corrected chi connectivity index (χ3v) is 5.13.